The predicted octanol–water partition coefficient (Wildman–Crippen LogP) is 4.36. The summed E-state index contributed by atoms with van der Waals surface area (Å²) in [6.45, 7) is 1.77. The molecule has 1 atom stereocenters. The van der Waals surface area contributed by atoms with Crippen molar-refractivity contribution >= 4 is 37.5 Å². The Morgan fingerprint density at radius 3 is 2.38 bits per heavy atom. The fourth-order valence-electron chi connectivity index (χ4n) is 3.77. The smallest absolute Gasteiger partial charge is 0.241 e. The minimum Gasteiger partial charge on any atom is -0.348 e. The van der Waals surface area contributed by atoms with Gasteiger partial charge in [-0.3, -0.25) is 9.10 Å². The van der Waals surface area contributed by atoms with Crippen LogP contribution in [0, 0.1) is 0 Å². The second-order valence-electron chi connectivity index (χ2n) is 7.51. The maximum atomic E-state index is 12.7. The Bertz CT molecular complexity index is 974. The van der Waals surface area contributed by atoms with Crippen LogP contribution in [0.3, 0.4) is 0 Å². The Morgan fingerprint density at radius 2 is 1.76 bits per heavy atom. The highest BCUT2D eigenvalue weighted by atomic mass is 79.9. The van der Waals surface area contributed by atoms with Crippen molar-refractivity contribution in [3.05, 3.63) is 63.6 Å². The standard InChI is InChI=1S/C22H27BrN2O3S/c1-3-21(18-9-8-16-6-4-5-7-17(16)14-18)24-22(26)15-25(29(2,27)28)20-12-10-19(23)11-13-20/h8-14,21H,3-7,15H2,1-2H3,(H,24,26)/t21-/m0/s1. The lowest BCUT2D eigenvalue weighted by Crippen LogP contribution is -2.41. The van der Waals surface area contributed by atoms with Crippen molar-refractivity contribution in [2.75, 3.05) is 17.1 Å². The van der Waals surface area contributed by atoms with E-state index in [0.717, 1.165) is 39.9 Å². The predicted molar refractivity (Wildman–Crippen MR) is 121 cm³/mol. The van der Waals surface area contributed by atoms with Crippen molar-refractivity contribution in [2.24, 2.45) is 0 Å². The van der Waals surface area contributed by atoms with Crippen molar-refractivity contribution in [1.29, 1.82) is 0 Å². The molecule has 0 heterocycles. The normalized spacial score (nSPS) is 14.7. The average Bonchev–Trinajstić information content (AvgIpc) is 2.70. The summed E-state index contributed by atoms with van der Waals surface area (Å²) < 4.78 is 26.5. The van der Waals surface area contributed by atoms with E-state index in [1.54, 1.807) is 24.3 Å². The maximum absolute atomic E-state index is 12.7. The third kappa shape index (κ3) is 5.60. The number of fused-ring (bicyclic) bond motifs is 1. The molecule has 1 N–H and O–H groups in total. The Balaban J connectivity index is 1.75. The van der Waals surface area contributed by atoms with Gasteiger partial charge in [0.25, 0.3) is 0 Å². The number of hydrogen-bond donors (Lipinski definition) is 1. The van der Waals surface area contributed by atoms with E-state index in [1.165, 1.54) is 24.0 Å². The highest BCUT2D eigenvalue weighted by Crippen LogP contribution is 2.26. The van der Waals surface area contributed by atoms with Crippen LogP contribution in [0.15, 0.2) is 46.9 Å². The van der Waals surface area contributed by atoms with E-state index in [-0.39, 0.29) is 18.5 Å². The van der Waals surface area contributed by atoms with Gasteiger partial charge in [-0.15, -0.1) is 0 Å². The molecule has 1 aliphatic rings. The summed E-state index contributed by atoms with van der Waals surface area (Å²) in [5.41, 5.74) is 4.32. The van der Waals surface area contributed by atoms with E-state index < -0.39 is 10.0 Å². The molecule has 1 aliphatic carbocycles. The summed E-state index contributed by atoms with van der Waals surface area (Å²) >= 11 is 3.34. The Morgan fingerprint density at radius 1 is 1.10 bits per heavy atom. The van der Waals surface area contributed by atoms with Crippen LogP contribution in [0.1, 0.15) is 48.9 Å². The van der Waals surface area contributed by atoms with Crippen molar-refractivity contribution < 1.29 is 13.2 Å². The van der Waals surface area contributed by atoms with Gasteiger partial charge < -0.3 is 5.32 Å². The van der Waals surface area contributed by atoms with Crippen molar-refractivity contribution in [1.82, 2.24) is 5.32 Å². The first kappa shape index (κ1) is 21.8. The van der Waals surface area contributed by atoms with Crippen LogP contribution in [-0.4, -0.2) is 27.1 Å². The zero-order valence-corrected chi connectivity index (χ0v) is 19.2. The number of nitrogens with one attached hydrogen (secondary N) is 1. The summed E-state index contributed by atoms with van der Waals surface area (Å²) in [5.74, 6) is -0.317. The lowest BCUT2D eigenvalue weighted by atomic mass is 9.89. The lowest BCUT2D eigenvalue weighted by Gasteiger charge is -2.25. The van der Waals surface area contributed by atoms with E-state index in [2.05, 4.69) is 39.4 Å². The van der Waals surface area contributed by atoms with Crippen LogP contribution in [0.5, 0.6) is 0 Å². The van der Waals surface area contributed by atoms with Crippen LogP contribution >= 0.6 is 15.9 Å². The van der Waals surface area contributed by atoms with Gasteiger partial charge in [-0.2, -0.15) is 0 Å². The van der Waals surface area contributed by atoms with Crippen molar-refractivity contribution in [2.45, 2.75) is 45.1 Å². The van der Waals surface area contributed by atoms with E-state index in [0.29, 0.717) is 5.69 Å². The van der Waals surface area contributed by atoms with Gasteiger partial charge in [-0.1, -0.05) is 41.1 Å². The second kappa shape index (κ2) is 9.30. The van der Waals surface area contributed by atoms with E-state index >= 15 is 0 Å². The Kier molecular flexibility index (Phi) is 7.01. The molecule has 5 nitrogen and oxygen atoms in total. The third-order valence-electron chi connectivity index (χ3n) is 5.32. The van der Waals surface area contributed by atoms with Gasteiger partial charge in [0.1, 0.15) is 6.54 Å². The van der Waals surface area contributed by atoms with Crippen molar-refractivity contribution in [3.8, 4) is 0 Å². The number of sulfonamides is 1. The van der Waals surface area contributed by atoms with Crippen LogP contribution in [0.4, 0.5) is 5.69 Å². The Hall–Kier alpha value is -1.86. The summed E-state index contributed by atoms with van der Waals surface area (Å²) in [6, 6.07) is 13.2. The van der Waals surface area contributed by atoms with Gasteiger partial charge in [-0.05, 0) is 73.1 Å². The molecule has 0 aliphatic heterocycles. The molecule has 0 spiro atoms. The molecular weight excluding hydrogens is 452 g/mol. The summed E-state index contributed by atoms with van der Waals surface area (Å²) in [5, 5.41) is 3.02. The van der Waals surface area contributed by atoms with Crippen molar-refractivity contribution in [3.63, 3.8) is 0 Å². The number of benzene rings is 2. The molecule has 3 rings (SSSR count). The van der Waals surface area contributed by atoms with Gasteiger partial charge in [-0.25, -0.2) is 8.42 Å². The Labute approximate surface area is 181 Å². The minimum atomic E-state index is -3.59. The SMILES string of the molecule is CC[C@H](NC(=O)CN(c1ccc(Br)cc1)S(C)(=O)=O)c1ccc2c(c1)CCCC2. The molecule has 0 radical (unpaired) electrons. The minimum absolute atomic E-state index is 0.138. The molecule has 0 aromatic heterocycles. The number of rotatable bonds is 7. The third-order valence-corrected chi connectivity index (χ3v) is 6.99. The quantitative estimate of drug-likeness (QED) is 0.642. The second-order valence-corrected chi connectivity index (χ2v) is 10.3. The first-order valence-electron chi connectivity index (χ1n) is 9.92. The number of aryl methyl sites for hydroxylation is 2. The fraction of sp³-hybridized carbons (Fsp3) is 0.409. The number of carbonyl (C=O) groups excluding carboxylic acids is 1. The number of carbonyl (C=O) groups is 1. The molecule has 7 heteroatoms. The van der Waals surface area contributed by atoms with Crippen LogP contribution < -0.4 is 9.62 Å². The highest BCUT2D eigenvalue weighted by Gasteiger charge is 2.23. The molecule has 0 fully saturated rings. The molecule has 1 amide bonds. The summed E-state index contributed by atoms with van der Waals surface area (Å²) in [6.07, 6.45) is 6.49. The molecule has 29 heavy (non-hydrogen) atoms. The molecule has 156 valence electrons. The molecule has 0 bridgehead atoms. The van der Waals surface area contributed by atoms with Crippen LogP contribution in [0.2, 0.25) is 0 Å². The van der Waals surface area contributed by atoms with Gasteiger partial charge >= 0.3 is 0 Å². The van der Waals surface area contributed by atoms with E-state index in [9.17, 15) is 13.2 Å². The van der Waals surface area contributed by atoms with Gasteiger partial charge in [0.05, 0.1) is 18.0 Å². The van der Waals surface area contributed by atoms with Crippen LogP contribution in [-0.2, 0) is 27.7 Å². The molecule has 0 saturated heterocycles. The first-order valence-corrected chi connectivity index (χ1v) is 12.6. The summed E-state index contributed by atoms with van der Waals surface area (Å²) in [7, 11) is -3.59. The van der Waals surface area contributed by atoms with Gasteiger partial charge in [0, 0.05) is 4.47 Å². The number of amides is 1. The zero-order chi connectivity index (χ0) is 21.0. The molecular formula is C22H27BrN2O3S. The van der Waals surface area contributed by atoms with Crippen LogP contribution in [0.25, 0.3) is 0 Å². The molecule has 2 aromatic rings. The monoisotopic (exact) mass is 478 g/mol. The lowest BCUT2D eigenvalue weighted by molar-refractivity contribution is -0.120. The topological polar surface area (TPSA) is 66.5 Å². The molecule has 0 unspecified atom stereocenters. The van der Waals surface area contributed by atoms with E-state index in [4.69, 9.17) is 0 Å². The van der Waals surface area contributed by atoms with E-state index in [1.807, 2.05) is 6.92 Å². The highest BCUT2D eigenvalue weighted by molar-refractivity contribution is 9.10. The van der Waals surface area contributed by atoms with Gasteiger partial charge in [0.15, 0.2) is 0 Å². The number of anilines is 1. The largest absolute Gasteiger partial charge is 0.348 e. The number of hydrogen-bond acceptors (Lipinski definition) is 3. The summed E-state index contributed by atoms with van der Waals surface area (Å²) in [4.78, 5) is 12.7. The first-order chi connectivity index (χ1) is 13.8. The molecule has 2 aromatic carbocycles. The fourth-order valence-corrected chi connectivity index (χ4v) is 4.89. The number of nitrogens with zero attached hydrogens (tertiary/aromatic N) is 1. The zero-order valence-electron chi connectivity index (χ0n) is 16.8. The molecule has 0 saturated carbocycles. The number of halogens is 1. The van der Waals surface area contributed by atoms with Gasteiger partial charge in [0.2, 0.25) is 15.9 Å². The maximum Gasteiger partial charge on any atom is 0.241 e. The average molecular weight is 479 g/mol.